The van der Waals surface area contributed by atoms with Crippen LogP contribution in [0.5, 0.6) is 11.5 Å². The summed E-state index contributed by atoms with van der Waals surface area (Å²) >= 11 is 1.08. The van der Waals surface area contributed by atoms with E-state index in [2.05, 4.69) is 10.6 Å². The molecule has 2 heterocycles. The Labute approximate surface area is 193 Å². The Morgan fingerprint density at radius 1 is 1.30 bits per heavy atom. The number of carbonyl (C=O) groups excluding carboxylic acids is 2. The summed E-state index contributed by atoms with van der Waals surface area (Å²) in [7, 11) is 0. The summed E-state index contributed by atoms with van der Waals surface area (Å²) in [4.78, 5) is 25.4. The summed E-state index contributed by atoms with van der Waals surface area (Å²) in [5, 5.41) is 4.54. The molecular weight excluding hydrogens is 457 g/mol. The first-order chi connectivity index (χ1) is 15.6. The Morgan fingerprint density at radius 2 is 2.09 bits per heavy atom. The summed E-state index contributed by atoms with van der Waals surface area (Å²) in [5.41, 5.74) is 1.09. The van der Waals surface area contributed by atoms with E-state index >= 15 is 0 Å². The van der Waals surface area contributed by atoms with Crippen molar-refractivity contribution in [3.05, 3.63) is 47.0 Å². The van der Waals surface area contributed by atoms with Gasteiger partial charge in [0.2, 0.25) is 11.8 Å². The Kier molecular flexibility index (Phi) is 6.47. The number of halogens is 3. The van der Waals surface area contributed by atoms with Crippen LogP contribution in [-0.2, 0) is 28.7 Å². The van der Waals surface area contributed by atoms with Gasteiger partial charge in [0.05, 0.1) is 23.1 Å². The van der Waals surface area contributed by atoms with Crippen molar-refractivity contribution in [2.45, 2.75) is 55.7 Å². The molecule has 6 nitrogen and oxygen atoms in total. The van der Waals surface area contributed by atoms with Crippen molar-refractivity contribution >= 4 is 29.3 Å². The van der Waals surface area contributed by atoms with Gasteiger partial charge in [0.25, 0.3) is 0 Å². The predicted molar refractivity (Wildman–Crippen MR) is 118 cm³/mol. The molecule has 0 spiro atoms. The lowest BCUT2D eigenvalue weighted by Gasteiger charge is -2.24. The number of nitrogens with one attached hydrogen (secondary N) is 2. The number of anilines is 1. The van der Waals surface area contributed by atoms with Crippen LogP contribution in [0.15, 0.2) is 35.2 Å². The highest BCUT2D eigenvalue weighted by Crippen LogP contribution is 2.40. The predicted octanol–water partition coefficient (Wildman–Crippen LogP) is 4.55. The van der Waals surface area contributed by atoms with Gasteiger partial charge in [0.15, 0.2) is 0 Å². The van der Waals surface area contributed by atoms with Crippen LogP contribution in [-0.4, -0.2) is 29.8 Å². The Balaban J connectivity index is 1.40. The number of benzene rings is 2. The molecule has 2 aromatic carbocycles. The van der Waals surface area contributed by atoms with Gasteiger partial charge in [-0.3, -0.25) is 9.59 Å². The van der Waals surface area contributed by atoms with Crippen molar-refractivity contribution in [2.24, 2.45) is 0 Å². The van der Waals surface area contributed by atoms with Crippen molar-refractivity contribution in [3.63, 3.8) is 0 Å². The lowest BCUT2D eigenvalue weighted by Crippen LogP contribution is -2.34. The molecule has 10 heteroatoms. The zero-order valence-electron chi connectivity index (χ0n) is 18.0. The normalized spacial score (nSPS) is 19.2. The number of hydrogen-bond donors (Lipinski definition) is 2. The monoisotopic (exact) mass is 480 g/mol. The molecule has 2 aliphatic rings. The average Bonchev–Trinajstić information content (AvgIpc) is 3.10. The van der Waals surface area contributed by atoms with Gasteiger partial charge in [-0.25, -0.2) is 0 Å². The fourth-order valence-corrected chi connectivity index (χ4v) is 4.90. The number of alkyl halides is 3. The van der Waals surface area contributed by atoms with E-state index in [9.17, 15) is 22.8 Å². The smallest absolute Gasteiger partial charge is 0.416 e. The molecule has 0 bridgehead atoms. The average molecular weight is 481 g/mol. The second kappa shape index (κ2) is 9.17. The van der Waals surface area contributed by atoms with Crippen LogP contribution in [0.3, 0.4) is 0 Å². The van der Waals surface area contributed by atoms with E-state index in [0.717, 1.165) is 47.2 Å². The van der Waals surface area contributed by atoms with Crippen molar-refractivity contribution in [1.29, 1.82) is 0 Å². The zero-order chi connectivity index (χ0) is 23.8. The number of thioether (sulfide) groups is 1. The summed E-state index contributed by atoms with van der Waals surface area (Å²) in [6.07, 6.45) is -3.74. The molecule has 0 aliphatic carbocycles. The van der Waals surface area contributed by atoms with E-state index in [4.69, 9.17) is 9.47 Å². The minimum Gasteiger partial charge on any atom is -0.494 e. The fraction of sp³-hybridized carbons (Fsp3) is 0.391. The number of rotatable bonds is 6. The highest BCUT2D eigenvalue weighted by atomic mass is 32.2. The van der Waals surface area contributed by atoms with Gasteiger partial charge in [0.1, 0.15) is 17.6 Å². The molecule has 2 aromatic rings. The summed E-state index contributed by atoms with van der Waals surface area (Å²) in [6, 6.07) is 6.98. The van der Waals surface area contributed by atoms with Crippen molar-refractivity contribution in [3.8, 4) is 11.5 Å². The summed E-state index contributed by atoms with van der Waals surface area (Å²) in [6.45, 7) is 4.54. The molecule has 2 N–H and O–H groups in total. The number of hydrogen-bond acceptors (Lipinski definition) is 5. The molecule has 0 aromatic heterocycles. The first-order valence-electron chi connectivity index (χ1n) is 10.5. The molecule has 4 rings (SSSR count). The Hall–Kier alpha value is -2.88. The summed E-state index contributed by atoms with van der Waals surface area (Å²) in [5.74, 6) is 0.591. The Bertz CT molecular complexity index is 1090. The SMILES string of the molecule is CCOc1cc2c(cc1CNC(=O)CC1Sc3ccc(C(F)(F)F)cc3NC1=O)OC(C)C2. The lowest BCUT2D eigenvalue weighted by atomic mass is 10.1. The van der Waals surface area contributed by atoms with E-state index in [-0.39, 0.29) is 30.7 Å². The van der Waals surface area contributed by atoms with Crippen molar-refractivity contribution in [2.75, 3.05) is 11.9 Å². The van der Waals surface area contributed by atoms with E-state index in [1.54, 1.807) is 0 Å². The maximum atomic E-state index is 12.9. The molecule has 0 radical (unpaired) electrons. The molecule has 176 valence electrons. The zero-order valence-corrected chi connectivity index (χ0v) is 18.9. The minimum absolute atomic E-state index is 0.0799. The van der Waals surface area contributed by atoms with Crippen LogP contribution < -0.4 is 20.1 Å². The molecular formula is C23H23F3N2O4S. The van der Waals surface area contributed by atoms with Crippen LogP contribution in [0.25, 0.3) is 0 Å². The first kappa shape index (κ1) is 23.3. The molecule has 2 aliphatic heterocycles. The van der Waals surface area contributed by atoms with E-state index in [1.807, 2.05) is 26.0 Å². The molecule has 2 unspecified atom stereocenters. The Morgan fingerprint density at radius 3 is 2.82 bits per heavy atom. The van der Waals surface area contributed by atoms with Crippen LogP contribution in [0, 0.1) is 0 Å². The largest absolute Gasteiger partial charge is 0.494 e. The second-order valence-electron chi connectivity index (χ2n) is 7.92. The first-order valence-corrected chi connectivity index (χ1v) is 11.4. The highest BCUT2D eigenvalue weighted by Gasteiger charge is 2.34. The molecule has 0 saturated heterocycles. The fourth-order valence-electron chi connectivity index (χ4n) is 3.80. The van der Waals surface area contributed by atoms with Gasteiger partial charge in [-0.1, -0.05) is 0 Å². The van der Waals surface area contributed by atoms with E-state index < -0.39 is 22.9 Å². The number of ether oxygens (including phenoxy) is 2. The maximum absolute atomic E-state index is 12.9. The number of amides is 2. The second-order valence-corrected chi connectivity index (χ2v) is 9.16. The third-order valence-electron chi connectivity index (χ3n) is 5.35. The standard InChI is InChI=1S/C23H23F3N2O4S/c1-3-31-17-7-13-6-12(2)32-18(13)8-14(17)11-27-21(29)10-20-22(30)28-16-9-15(23(24,25)26)4-5-19(16)33-20/h4-5,7-9,12,20H,3,6,10-11H2,1-2H3,(H,27,29)(H,28,30). The molecule has 2 amide bonds. The van der Waals surface area contributed by atoms with Gasteiger partial charge >= 0.3 is 6.18 Å². The highest BCUT2D eigenvalue weighted by molar-refractivity contribution is 8.01. The van der Waals surface area contributed by atoms with Gasteiger partial charge in [-0.15, -0.1) is 11.8 Å². The van der Waals surface area contributed by atoms with E-state index in [0.29, 0.717) is 17.3 Å². The lowest BCUT2D eigenvalue weighted by molar-refractivity contribution is -0.137. The maximum Gasteiger partial charge on any atom is 0.416 e. The third-order valence-corrected chi connectivity index (χ3v) is 6.63. The number of fused-ring (bicyclic) bond motifs is 2. The van der Waals surface area contributed by atoms with Crippen LogP contribution in [0.4, 0.5) is 18.9 Å². The van der Waals surface area contributed by atoms with Gasteiger partial charge < -0.3 is 20.1 Å². The van der Waals surface area contributed by atoms with Gasteiger partial charge in [0, 0.05) is 35.4 Å². The molecule has 33 heavy (non-hydrogen) atoms. The van der Waals surface area contributed by atoms with E-state index in [1.165, 1.54) is 6.07 Å². The molecule has 0 fully saturated rings. The van der Waals surface area contributed by atoms with Gasteiger partial charge in [-0.2, -0.15) is 13.2 Å². The third kappa shape index (κ3) is 5.21. The van der Waals surface area contributed by atoms with Crippen LogP contribution in [0.1, 0.15) is 37.0 Å². The minimum atomic E-state index is -4.50. The number of carbonyl (C=O) groups is 2. The quantitative estimate of drug-likeness (QED) is 0.635. The summed E-state index contributed by atoms with van der Waals surface area (Å²) < 4.78 is 50.2. The van der Waals surface area contributed by atoms with Crippen LogP contribution in [0.2, 0.25) is 0 Å². The van der Waals surface area contributed by atoms with Crippen molar-refractivity contribution < 1.29 is 32.2 Å². The van der Waals surface area contributed by atoms with Gasteiger partial charge in [-0.05, 0) is 44.2 Å². The molecule has 2 atom stereocenters. The topological polar surface area (TPSA) is 76.7 Å². The van der Waals surface area contributed by atoms with Crippen LogP contribution >= 0.6 is 11.8 Å². The molecule has 0 saturated carbocycles. The van der Waals surface area contributed by atoms with Crippen molar-refractivity contribution in [1.82, 2.24) is 5.32 Å².